The third kappa shape index (κ3) is 5.15. The molecule has 164 valence electrons. The quantitative estimate of drug-likeness (QED) is 0.536. The summed E-state index contributed by atoms with van der Waals surface area (Å²) in [6.07, 6.45) is 0. The van der Waals surface area contributed by atoms with Gasteiger partial charge in [0, 0.05) is 12.6 Å². The van der Waals surface area contributed by atoms with Gasteiger partial charge in [-0.15, -0.1) is 0 Å². The second-order valence-corrected chi connectivity index (χ2v) is 9.59. The molecule has 3 aromatic rings. The molecular weight excluding hydrogens is 408 g/mol. The van der Waals surface area contributed by atoms with Crippen molar-refractivity contribution in [3.63, 3.8) is 0 Å². The van der Waals surface area contributed by atoms with E-state index in [1.54, 1.807) is 20.2 Å². The molecule has 3 aromatic carbocycles. The maximum Gasteiger partial charge on any atom is 0.218 e. The molecule has 1 N–H and O–H groups in total. The first-order valence-electron chi connectivity index (χ1n) is 10.2. The average molecular weight is 439 g/mol. The summed E-state index contributed by atoms with van der Waals surface area (Å²) in [5.74, 6) is 0.454. The molecule has 6 heteroatoms. The normalized spacial score (nSPS) is 13.7. The summed E-state index contributed by atoms with van der Waals surface area (Å²) in [6.45, 7) is 1.91. The number of rotatable bonds is 9. The summed E-state index contributed by atoms with van der Waals surface area (Å²) in [5.41, 5.74) is 3.52. The number of hydrogen-bond acceptors (Lipinski definition) is 4. The summed E-state index contributed by atoms with van der Waals surface area (Å²) in [7, 11) is 1.42. The lowest BCUT2D eigenvalue weighted by molar-refractivity contribution is 0.301. The summed E-state index contributed by atoms with van der Waals surface area (Å²) < 4.78 is 34.2. The number of benzene rings is 3. The Morgan fingerprint density at radius 2 is 1.48 bits per heavy atom. The smallest absolute Gasteiger partial charge is 0.218 e. The lowest BCUT2D eigenvalue weighted by Crippen LogP contribution is -2.39. The van der Waals surface area contributed by atoms with E-state index >= 15 is 0 Å². The molecule has 2 atom stereocenters. The monoisotopic (exact) mass is 438 g/mol. The zero-order valence-corrected chi connectivity index (χ0v) is 19.3. The van der Waals surface area contributed by atoms with Gasteiger partial charge in [0.2, 0.25) is 10.0 Å². The minimum atomic E-state index is -3.67. The van der Waals surface area contributed by atoms with E-state index in [2.05, 4.69) is 5.32 Å². The number of nitrogens with one attached hydrogen (secondary N) is 1. The van der Waals surface area contributed by atoms with Crippen LogP contribution in [0.4, 0.5) is 0 Å². The lowest BCUT2D eigenvalue weighted by Gasteiger charge is -2.35. The van der Waals surface area contributed by atoms with Crippen molar-refractivity contribution in [3.05, 3.63) is 101 Å². The number of likely N-dealkylation sites (N-methyl/N-ethyl adjacent to an activating group) is 2. The minimum absolute atomic E-state index is 0.131. The summed E-state index contributed by atoms with van der Waals surface area (Å²) in [5, 5.41) is 3.34. The van der Waals surface area contributed by atoms with Crippen molar-refractivity contribution in [2.45, 2.75) is 24.8 Å². The van der Waals surface area contributed by atoms with Gasteiger partial charge in [0.05, 0.1) is 24.9 Å². The number of ether oxygens (including phenoxy) is 1. The molecule has 0 heterocycles. The van der Waals surface area contributed by atoms with E-state index in [9.17, 15) is 8.42 Å². The number of sulfonamides is 1. The standard InChI is InChI=1S/C25H30N2O3S/c1-19-12-11-17-23(30-4)22(19)18-31(28,29)27(3)25(21-15-9-6-10-16-21)24(26-2)20-13-7-5-8-14-20/h5-17,24-26H,18H2,1-4H3. The van der Waals surface area contributed by atoms with E-state index in [-0.39, 0.29) is 11.8 Å². The molecule has 0 saturated carbocycles. The SMILES string of the molecule is CNC(c1ccccc1)C(c1ccccc1)N(C)S(=O)(=O)Cc1c(C)cccc1OC. The van der Waals surface area contributed by atoms with Crippen LogP contribution in [-0.2, 0) is 15.8 Å². The van der Waals surface area contributed by atoms with Crippen LogP contribution in [0.15, 0.2) is 78.9 Å². The third-order valence-electron chi connectivity index (χ3n) is 5.67. The predicted molar refractivity (Wildman–Crippen MR) is 126 cm³/mol. The van der Waals surface area contributed by atoms with E-state index in [0.29, 0.717) is 11.3 Å². The Morgan fingerprint density at radius 3 is 2.03 bits per heavy atom. The predicted octanol–water partition coefficient (Wildman–Crippen LogP) is 4.47. The topological polar surface area (TPSA) is 58.6 Å². The molecule has 0 aromatic heterocycles. The van der Waals surface area contributed by atoms with Gasteiger partial charge in [-0.1, -0.05) is 72.8 Å². The van der Waals surface area contributed by atoms with Crippen molar-refractivity contribution in [2.24, 2.45) is 0 Å². The largest absolute Gasteiger partial charge is 0.496 e. The zero-order valence-electron chi connectivity index (χ0n) is 18.4. The van der Waals surface area contributed by atoms with Gasteiger partial charge in [0.25, 0.3) is 0 Å². The molecule has 0 saturated heterocycles. The Labute approximate surface area is 185 Å². The Bertz CT molecular complexity index is 1090. The molecule has 0 spiro atoms. The van der Waals surface area contributed by atoms with Crippen LogP contribution in [0, 0.1) is 6.92 Å². The molecule has 3 rings (SSSR count). The molecule has 0 bridgehead atoms. The fraction of sp³-hybridized carbons (Fsp3) is 0.280. The van der Waals surface area contributed by atoms with Gasteiger partial charge >= 0.3 is 0 Å². The van der Waals surface area contributed by atoms with Gasteiger partial charge in [-0.05, 0) is 36.7 Å². The van der Waals surface area contributed by atoms with Crippen molar-refractivity contribution >= 4 is 10.0 Å². The van der Waals surface area contributed by atoms with E-state index in [4.69, 9.17) is 4.74 Å². The Kier molecular flexibility index (Phi) is 7.49. The Balaban J connectivity index is 2.05. The molecule has 2 unspecified atom stereocenters. The zero-order chi connectivity index (χ0) is 22.4. The highest BCUT2D eigenvalue weighted by atomic mass is 32.2. The number of nitrogens with zero attached hydrogens (tertiary/aromatic N) is 1. The van der Waals surface area contributed by atoms with E-state index in [0.717, 1.165) is 16.7 Å². The van der Waals surface area contributed by atoms with Crippen LogP contribution >= 0.6 is 0 Å². The van der Waals surface area contributed by atoms with Crippen molar-refractivity contribution in [3.8, 4) is 5.75 Å². The van der Waals surface area contributed by atoms with E-state index < -0.39 is 16.1 Å². The summed E-state index contributed by atoms with van der Waals surface area (Å²) in [6, 6.07) is 24.6. The lowest BCUT2D eigenvalue weighted by atomic mass is 9.93. The van der Waals surface area contributed by atoms with Crippen LogP contribution in [0.25, 0.3) is 0 Å². The Morgan fingerprint density at radius 1 is 0.903 bits per heavy atom. The fourth-order valence-corrected chi connectivity index (χ4v) is 5.47. The fourth-order valence-electron chi connectivity index (χ4n) is 3.94. The second-order valence-electron chi connectivity index (χ2n) is 7.56. The summed E-state index contributed by atoms with van der Waals surface area (Å²) in [4.78, 5) is 0. The van der Waals surface area contributed by atoms with Gasteiger partial charge in [0.1, 0.15) is 5.75 Å². The van der Waals surface area contributed by atoms with Crippen molar-refractivity contribution < 1.29 is 13.2 Å². The van der Waals surface area contributed by atoms with E-state index in [1.807, 2.05) is 86.8 Å². The van der Waals surface area contributed by atoms with Gasteiger partial charge in [-0.2, -0.15) is 4.31 Å². The van der Waals surface area contributed by atoms with Gasteiger partial charge in [-0.25, -0.2) is 8.42 Å². The maximum absolute atomic E-state index is 13.6. The first-order chi connectivity index (χ1) is 14.9. The van der Waals surface area contributed by atoms with Crippen LogP contribution in [0.2, 0.25) is 0 Å². The van der Waals surface area contributed by atoms with Gasteiger partial charge < -0.3 is 10.1 Å². The second kappa shape index (κ2) is 10.1. The number of hydrogen-bond donors (Lipinski definition) is 1. The van der Waals surface area contributed by atoms with Crippen LogP contribution in [0.1, 0.15) is 34.3 Å². The number of aryl methyl sites for hydroxylation is 1. The van der Waals surface area contributed by atoms with Crippen molar-refractivity contribution in [1.82, 2.24) is 9.62 Å². The molecule has 31 heavy (non-hydrogen) atoms. The van der Waals surface area contributed by atoms with Crippen molar-refractivity contribution in [2.75, 3.05) is 21.2 Å². The molecule has 0 radical (unpaired) electrons. The van der Waals surface area contributed by atoms with Crippen LogP contribution < -0.4 is 10.1 Å². The van der Waals surface area contributed by atoms with Crippen LogP contribution in [-0.4, -0.2) is 33.9 Å². The minimum Gasteiger partial charge on any atom is -0.496 e. The van der Waals surface area contributed by atoms with Gasteiger partial charge in [0.15, 0.2) is 0 Å². The molecule has 5 nitrogen and oxygen atoms in total. The van der Waals surface area contributed by atoms with Crippen LogP contribution in [0.5, 0.6) is 5.75 Å². The summed E-state index contributed by atoms with van der Waals surface area (Å²) >= 11 is 0. The molecule has 0 fully saturated rings. The molecule has 0 aliphatic heterocycles. The van der Waals surface area contributed by atoms with Gasteiger partial charge in [-0.3, -0.25) is 0 Å². The number of methoxy groups -OCH3 is 1. The van der Waals surface area contributed by atoms with Crippen LogP contribution in [0.3, 0.4) is 0 Å². The molecule has 0 aliphatic rings. The average Bonchev–Trinajstić information content (AvgIpc) is 2.79. The molecule has 0 aliphatic carbocycles. The first kappa shape index (κ1) is 23.0. The van der Waals surface area contributed by atoms with Crippen molar-refractivity contribution in [1.29, 1.82) is 0 Å². The van der Waals surface area contributed by atoms with E-state index in [1.165, 1.54) is 4.31 Å². The maximum atomic E-state index is 13.6. The molecule has 0 amide bonds. The molecular formula is C25H30N2O3S. The first-order valence-corrected chi connectivity index (χ1v) is 11.8. The third-order valence-corrected chi connectivity index (χ3v) is 7.43. The highest BCUT2D eigenvalue weighted by molar-refractivity contribution is 7.88. The Hall–Kier alpha value is -2.67. The highest BCUT2D eigenvalue weighted by Crippen LogP contribution is 2.36. The highest BCUT2D eigenvalue weighted by Gasteiger charge is 2.34.